The van der Waals surface area contributed by atoms with E-state index in [1.165, 1.54) is 0 Å². The molecule has 2 saturated heterocycles. The quantitative estimate of drug-likeness (QED) is 0.408. The molecule has 2 aromatic carbocycles. The third-order valence-electron chi connectivity index (χ3n) is 9.84. The minimum absolute atomic E-state index is 0.0572. The van der Waals surface area contributed by atoms with Gasteiger partial charge < -0.3 is 20.9 Å². The fourth-order valence-electron chi connectivity index (χ4n) is 7.19. The van der Waals surface area contributed by atoms with Crippen molar-refractivity contribution in [1.29, 1.82) is 5.26 Å². The van der Waals surface area contributed by atoms with Gasteiger partial charge in [-0.05, 0) is 46.6 Å². The van der Waals surface area contributed by atoms with Crippen LogP contribution in [0.15, 0.2) is 60.7 Å². The highest BCUT2D eigenvalue weighted by molar-refractivity contribution is 5.96. The number of piperidine rings is 1. The molecule has 0 radical (unpaired) electrons. The largest absolute Gasteiger partial charge is 0.356 e. The molecule has 6 atom stereocenters. The molecule has 9 heteroatoms. The summed E-state index contributed by atoms with van der Waals surface area (Å²) in [5, 5.41) is 18.5. The molecular weight excluding hydrogens is 554 g/mol. The van der Waals surface area contributed by atoms with E-state index in [9.17, 15) is 24.4 Å². The van der Waals surface area contributed by atoms with Crippen molar-refractivity contribution in [2.24, 2.45) is 28.6 Å². The molecule has 0 aromatic heterocycles. The number of nitrogens with zero attached hydrogens (tertiary/aromatic N) is 2. The van der Waals surface area contributed by atoms with Gasteiger partial charge in [-0.25, -0.2) is 0 Å². The van der Waals surface area contributed by atoms with Crippen molar-refractivity contribution in [3.63, 3.8) is 0 Å². The first-order valence-corrected chi connectivity index (χ1v) is 15.5. The van der Waals surface area contributed by atoms with E-state index in [0.717, 1.165) is 11.1 Å². The molecule has 0 bridgehead atoms. The maximum absolute atomic E-state index is 14.4. The Morgan fingerprint density at radius 3 is 2.11 bits per heavy atom. The molecule has 1 aliphatic carbocycles. The Kier molecular flexibility index (Phi) is 8.57. The summed E-state index contributed by atoms with van der Waals surface area (Å²) in [6.45, 7) is 10.9. The zero-order valence-corrected chi connectivity index (χ0v) is 26.2. The van der Waals surface area contributed by atoms with Crippen LogP contribution in [-0.4, -0.2) is 59.7 Å². The van der Waals surface area contributed by atoms with Crippen molar-refractivity contribution in [3.05, 3.63) is 71.8 Å². The lowest BCUT2D eigenvalue weighted by atomic mass is 9.83. The molecule has 3 fully saturated rings. The summed E-state index contributed by atoms with van der Waals surface area (Å²) in [4.78, 5) is 56.0. The molecule has 232 valence electrons. The first-order valence-electron chi connectivity index (χ1n) is 15.5. The van der Waals surface area contributed by atoms with Gasteiger partial charge in [0.2, 0.25) is 23.6 Å². The number of fused-ring (bicyclic) bond motifs is 1. The van der Waals surface area contributed by atoms with Gasteiger partial charge >= 0.3 is 0 Å². The van der Waals surface area contributed by atoms with Crippen molar-refractivity contribution < 1.29 is 19.2 Å². The normalized spacial score (nSPS) is 24.9. The Hall–Kier alpha value is -4.19. The van der Waals surface area contributed by atoms with Crippen LogP contribution in [0, 0.1) is 39.9 Å². The van der Waals surface area contributed by atoms with Crippen LogP contribution in [0.25, 0.3) is 0 Å². The van der Waals surface area contributed by atoms with Gasteiger partial charge in [0.1, 0.15) is 18.1 Å². The first-order chi connectivity index (χ1) is 20.8. The summed E-state index contributed by atoms with van der Waals surface area (Å²) in [6, 6.07) is 18.6. The maximum atomic E-state index is 14.4. The van der Waals surface area contributed by atoms with Gasteiger partial charge in [-0.15, -0.1) is 0 Å². The number of rotatable bonds is 9. The van der Waals surface area contributed by atoms with Gasteiger partial charge in [0, 0.05) is 19.0 Å². The van der Waals surface area contributed by atoms with E-state index in [4.69, 9.17) is 0 Å². The van der Waals surface area contributed by atoms with Gasteiger partial charge in [0.05, 0.1) is 12.0 Å². The number of carbonyl (C=O) groups excluding carboxylic acids is 4. The monoisotopic (exact) mass is 597 g/mol. The van der Waals surface area contributed by atoms with E-state index < -0.39 is 29.5 Å². The lowest BCUT2D eigenvalue weighted by molar-refractivity contribution is -0.145. The van der Waals surface area contributed by atoms with Crippen molar-refractivity contribution >= 4 is 23.6 Å². The second kappa shape index (κ2) is 12.1. The number of hydrogen-bond donors (Lipinski definition) is 3. The molecule has 2 aromatic rings. The van der Waals surface area contributed by atoms with Gasteiger partial charge in [0.15, 0.2) is 0 Å². The Balaban J connectivity index is 1.38. The van der Waals surface area contributed by atoms with E-state index in [-0.39, 0.29) is 53.2 Å². The summed E-state index contributed by atoms with van der Waals surface area (Å²) in [5.41, 5.74) is 0.852. The minimum atomic E-state index is -0.894. The molecule has 2 heterocycles. The molecule has 9 nitrogen and oxygen atoms in total. The maximum Gasteiger partial charge on any atom is 0.246 e. The number of nitrogens with one attached hydrogen (secondary N) is 3. The van der Waals surface area contributed by atoms with Crippen LogP contribution in [-0.2, 0) is 19.2 Å². The first kappa shape index (κ1) is 31.2. The zero-order valence-electron chi connectivity index (χ0n) is 26.2. The standard InChI is InChI=1S/C35H43N5O4/c1-34(2,3)29(39-31(42)26(21-12-8-6-9-13-21)22-14-10-7-11-15-22)33(44)40-20-25-27(35(25,4)5)28(40)32(43)38-24(19-36)18-23-16-17-37-30(23)41/h6-15,23-29H,16-18,20H2,1-5H3,(H,37,41)(H,38,43)(H,39,42)/t23-,24?,25-,27-,28-,29?/m0/s1. The van der Waals surface area contributed by atoms with Crippen molar-refractivity contribution in [1.82, 2.24) is 20.9 Å². The second-order valence-corrected chi connectivity index (χ2v) is 14.2. The molecule has 44 heavy (non-hydrogen) atoms. The molecule has 1 saturated carbocycles. The fourth-order valence-corrected chi connectivity index (χ4v) is 7.19. The Bertz CT molecular complexity index is 1410. The number of nitriles is 1. The number of hydrogen-bond acceptors (Lipinski definition) is 5. The van der Waals surface area contributed by atoms with Crippen molar-refractivity contribution in [3.8, 4) is 6.07 Å². The van der Waals surface area contributed by atoms with Crippen molar-refractivity contribution in [2.75, 3.05) is 13.1 Å². The van der Waals surface area contributed by atoms with Crippen LogP contribution in [0.1, 0.15) is 64.5 Å². The molecule has 5 rings (SSSR count). The van der Waals surface area contributed by atoms with Crippen molar-refractivity contribution in [2.45, 2.75) is 71.5 Å². The molecule has 2 unspecified atom stereocenters. The predicted octanol–water partition coefficient (Wildman–Crippen LogP) is 3.37. The number of carbonyl (C=O) groups is 4. The molecule has 4 amide bonds. The van der Waals surface area contributed by atoms with Gasteiger partial charge in [-0.1, -0.05) is 95.3 Å². The second-order valence-electron chi connectivity index (χ2n) is 14.2. The summed E-state index contributed by atoms with van der Waals surface area (Å²) in [5.74, 6) is -1.95. The third-order valence-corrected chi connectivity index (χ3v) is 9.84. The lowest BCUT2D eigenvalue weighted by Gasteiger charge is -2.38. The summed E-state index contributed by atoms with van der Waals surface area (Å²) < 4.78 is 0. The van der Waals surface area contributed by atoms with Gasteiger partial charge in [0.25, 0.3) is 0 Å². The fraction of sp³-hybridized carbons (Fsp3) is 0.514. The van der Waals surface area contributed by atoms with E-state index in [1.54, 1.807) is 4.90 Å². The van der Waals surface area contributed by atoms with E-state index in [1.807, 2.05) is 81.4 Å². The Morgan fingerprint density at radius 2 is 1.61 bits per heavy atom. The number of amides is 4. The SMILES string of the molecule is CC(C)(C)C(NC(=O)C(c1ccccc1)c1ccccc1)C(=O)N1C[C@H]2[C@@H]([C@H]1C(=O)NC(C#N)C[C@@H]1CCNC1=O)C2(C)C. The van der Waals surface area contributed by atoms with Crippen LogP contribution in [0.4, 0.5) is 0 Å². The summed E-state index contributed by atoms with van der Waals surface area (Å²) >= 11 is 0. The topological polar surface area (TPSA) is 131 Å². The third kappa shape index (κ3) is 6.08. The molecule has 2 aliphatic heterocycles. The molecule has 3 N–H and O–H groups in total. The van der Waals surface area contributed by atoms with E-state index in [2.05, 4.69) is 35.9 Å². The van der Waals surface area contributed by atoms with Crippen LogP contribution in [0.3, 0.4) is 0 Å². The molecule has 3 aliphatic rings. The van der Waals surface area contributed by atoms with Crippen LogP contribution >= 0.6 is 0 Å². The minimum Gasteiger partial charge on any atom is -0.356 e. The van der Waals surface area contributed by atoms with Crippen LogP contribution in [0.2, 0.25) is 0 Å². The van der Waals surface area contributed by atoms with E-state index >= 15 is 0 Å². The zero-order chi connectivity index (χ0) is 31.8. The average molecular weight is 598 g/mol. The predicted molar refractivity (Wildman–Crippen MR) is 166 cm³/mol. The van der Waals surface area contributed by atoms with Crippen LogP contribution in [0.5, 0.6) is 0 Å². The van der Waals surface area contributed by atoms with Crippen LogP contribution < -0.4 is 16.0 Å². The van der Waals surface area contributed by atoms with Gasteiger partial charge in [-0.3, -0.25) is 19.2 Å². The highest BCUT2D eigenvalue weighted by atomic mass is 16.2. The Labute approximate surface area is 259 Å². The highest BCUT2D eigenvalue weighted by Gasteiger charge is 2.69. The summed E-state index contributed by atoms with van der Waals surface area (Å²) in [7, 11) is 0. The smallest absolute Gasteiger partial charge is 0.246 e. The average Bonchev–Trinajstić information content (AvgIpc) is 3.33. The Morgan fingerprint density at radius 1 is 1.02 bits per heavy atom. The number of likely N-dealkylation sites (tertiary alicyclic amines) is 1. The molecular formula is C35H43N5O4. The molecule has 0 spiro atoms. The van der Waals surface area contributed by atoms with E-state index in [0.29, 0.717) is 19.5 Å². The van der Waals surface area contributed by atoms with Gasteiger partial charge in [-0.2, -0.15) is 5.26 Å². The number of benzene rings is 2. The summed E-state index contributed by atoms with van der Waals surface area (Å²) in [6.07, 6.45) is 0.853. The lowest BCUT2D eigenvalue weighted by Crippen LogP contribution is -2.60. The highest BCUT2D eigenvalue weighted by Crippen LogP contribution is 2.65.